The van der Waals surface area contributed by atoms with E-state index in [0.717, 1.165) is 5.69 Å². The van der Waals surface area contributed by atoms with Crippen molar-refractivity contribution in [3.05, 3.63) is 48.5 Å². The van der Waals surface area contributed by atoms with E-state index in [-0.39, 0.29) is 12.2 Å². The molecule has 2 rings (SSSR count). The minimum Gasteiger partial charge on any atom is -0.369 e. The lowest BCUT2D eigenvalue weighted by Gasteiger charge is -2.04. The van der Waals surface area contributed by atoms with Crippen molar-refractivity contribution in [3.8, 4) is 5.69 Å². The summed E-state index contributed by atoms with van der Waals surface area (Å²) in [6.45, 7) is 0. The van der Waals surface area contributed by atoms with Crippen molar-refractivity contribution in [1.29, 1.82) is 0 Å². The molecule has 1 heterocycles. The van der Waals surface area contributed by atoms with Gasteiger partial charge in [0.15, 0.2) is 5.78 Å². The minimum atomic E-state index is -0.622. The summed E-state index contributed by atoms with van der Waals surface area (Å²) in [5.74, 6) is -0.900. The molecule has 0 bridgehead atoms. The van der Waals surface area contributed by atoms with Gasteiger partial charge in [-0.1, -0.05) is 12.1 Å². The average Bonchev–Trinajstić information content (AvgIpc) is 2.82. The number of Topliss-reactive ketones (excluding diaryl/α,β-unsaturated/α-hetero) is 1. The van der Waals surface area contributed by atoms with Crippen molar-refractivity contribution in [3.63, 3.8) is 0 Å². The summed E-state index contributed by atoms with van der Waals surface area (Å²) in [5, 5.41) is 0. The van der Waals surface area contributed by atoms with Crippen LogP contribution in [-0.2, 0) is 4.79 Å². The van der Waals surface area contributed by atoms with Crippen LogP contribution in [0.1, 0.15) is 16.8 Å². The quantitative estimate of drug-likeness (QED) is 0.625. The maximum atomic E-state index is 11.7. The van der Waals surface area contributed by atoms with E-state index in [4.69, 9.17) is 5.73 Å². The van der Waals surface area contributed by atoms with E-state index in [1.165, 1.54) is 0 Å². The highest BCUT2D eigenvalue weighted by molar-refractivity contribution is 6.07. The number of carbonyl (C=O) groups is 2. The number of hydrogen-bond acceptors (Lipinski definition) is 3. The fourth-order valence-electron chi connectivity index (χ4n) is 1.51. The Balaban J connectivity index is 2.29. The molecule has 1 aromatic carbocycles. The predicted molar refractivity (Wildman–Crippen MR) is 61.7 cm³/mol. The fraction of sp³-hybridized carbons (Fsp3) is 0.0833. The molecule has 86 valence electrons. The van der Waals surface area contributed by atoms with Crippen LogP contribution in [0.15, 0.2) is 43.0 Å². The first-order valence-corrected chi connectivity index (χ1v) is 5.07. The number of carbonyl (C=O) groups excluding carboxylic acids is 2. The standard InChI is InChI=1S/C12H11N3O2/c13-12(17)7-11(16)9-2-1-3-10(6-9)15-5-4-14-8-15/h1-6,8H,7H2,(H2,13,17). The van der Waals surface area contributed by atoms with Gasteiger partial charge in [-0.15, -0.1) is 0 Å². The Bertz CT molecular complexity index is 547. The van der Waals surface area contributed by atoms with Crippen LogP contribution in [0.5, 0.6) is 0 Å². The lowest BCUT2D eigenvalue weighted by atomic mass is 10.1. The summed E-state index contributed by atoms with van der Waals surface area (Å²) < 4.78 is 1.78. The molecule has 5 nitrogen and oxygen atoms in total. The minimum absolute atomic E-state index is 0.270. The number of amides is 1. The maximum absolute atomic E-state index is 11.7. The monoisotopic (exact) mass is 229 g/mol. The number of nitrogens with zero attached hydrogens (tertiary/aromatic N) is 2. The number of benzene rings is 1. The van der Waals surface area contributed by atoms with Gasteiger partial charge in [-0.05, 0) is 12.1 Å². The number of ketones is 1. The Hall–Kier alpha value is -2.43. The van der Waals surface area contributed by atoms with Gasteiger partial charge in [0.2, 0.25) is 5.91 Å². The van der Waals surface area contributed by atoms with Crippen LogP contribution >= 0.6 is 0 Å². The summed E-state index contributed by atoms with van der Waals surface area (Å²) in [6, 6.07) is 6.96. The SMILES string of the molecule is NC(=O)CC(=O)c1cccc(-n2ccnc2)c1. The van der Waals surface area contributed by atoms with Gasteiger partial charge in [-0.3, -0.25) is 9.59 Å². The molecule has 2 N–H and O–H groups in total. The Morgan fingerprint density at radius 3 is 2.82 bits per heavy atom. The van der Waals surface area contributed by atoms with Crippen LogP contribution in [0.25, 0.3) is 5.69 Å². The van der Waals surface area contributed by atoms with E-state index in [0.29, 0.717) is 5.56 Å². The number of nitrogens with two attached hydrogens (primary N) is 1. The zero-order valence-corrected chi connectivity index (χ0v) is 9.04. The Labute approximate surface area is 97.9 Å². The van der Waals surface area contributed by atoms with Crippen LogP contribution in [0.3, 0.4) is 0 Å². The van der Waals surface area contributed by atoms with Crippen LogP contribution in [0, 0.1) is 0 Å². The molecule has 0 saturated heterocycles. The van der Waals surface area contributed by atoms with Crippen molar-refractivity contribution >= 4 is 11.7 Å². The van der Waals surface area contributed by atoms with Crippen LogP contribution in [-0.4, -0.2) is 21.2 Å². The van der Waals surface area contributed by atoms with E-state index in [2.05, 4.69) is 4.98 Å². The molecule has 0 aliphatic rings. The Morgan fingerprint density at radius 2 is 2.18 bits per heavy atom. The molecule has 0 saturated carbocycles. The second kappa shape index (κ2) is 4.61. The van der Waals surface area contributed by atoms with E-state index in [9.17, 15) is 9.59 Å². The molecular weight excluding hydrogens is 218 g/mol. The molecule has 0 unspecified atom stereocenters. The Morgan fingerprint density at radius 1 is 1.35 bits per heavy atom. The lowest BCUT2D eigenvalue weighted by molar-refractivity contribution is -0.117. The summed E-state index contributed by atoms with van der Waals surface area (Å²) in [7, 11) is 0. The second-order valence-electron chi connectivity index (χ2n) is 3.59. The van der Waals surface area contributed by atoms with Gasteiger partial charge in [0.25, 0.3) is 0 Å². The first-order valence-electron chi connectivity index (χ1n) is 5.07. The van der Waals surface area contributed by atoms with Crippen molar-refractivity contribution in [2.75, 3.05) is 0 Å². The highest BCUT2D eigenvalue weighted by atomic mass is 16.2. The van der Waals surface area contributed by atoms with Gasteiger partial charge < -0.3 is 10.3 Å². The third-order valence-corrected chi connectivity index (χ3v) is 2.31. The first-order chi connectivity index (χ1) is 8.16. The smallest absolute Gasteiger partial charge is 0.225 e. The summed E-state index contributed by atoms with van der Waals surface area (Å²) in [4.78, 5) is 26.3. The molecule has 0 spiro atoms. The molecule has 1 amide bonds. The highest BCUT2D eigenvalue weighted by Crippen LogP contribution is 2.11. The largest absolute Gasteiger partial charge is 0.369 e. The van der Waals surface area contributed by atoms with Gasteiger partial charge in [0.05, 0.1) is 12.7 Å². The van der Waals surface area contributed by atoms with Crippen molar-refractivity contribution in [2.45, 2.75) is 6.42 Å². The van der Waals surface area contributed by atoms with Gasteiger partial charge in [-0.25, -0.2) is 4.98 Å². The molecule has 0 fully saturated rings. The molecule has 0 radical (unpaired) electrons. The predicted octanol–water partition coefficient (Wildman–Crippen LogP) is 0.930. The normalized spacial score (nSPS) is 10.1. The summed E-state index contributed by atoms with van der Waals surface area (Å²) in [6.07, 6.45) is 4.79. The zero-order chi connectivity index (χ0) is 12.3. The number of aromatic nitrogens is 2. The number of rotatable bonds is 4. The second-order valence-corrected chi connectivity index (χ2v) is 3.59. The first kappa shape index (κ1) is 11.1. The van der Waals surface area contributed by atoms with Crippen molar-refractivity contribution < 1.29 is 9.59 Å². The van der Waals surface area contributed by atoms with Crippen LogP contribution in [0.4, 0.5) is 0 Å². The third kappa shape index (κ3) is 2.57. The molecule has 0 aliphatic carbocycles. The molecular formula is C12H11N3O2. The lowest BCUT2D eigenvalue weighted by Crippen LogP contribution is -2.16. The van der Waals surface area contributed by atoms with Crippen LogP contribution < -0.4 is 5.73 Å². The van der Waals surface area contributed by atoms with E-state index in [1.54, 1.807) is 41.5 Å². The topological polar surface area (TPSA) is 78.0 Å². The molecule has 2 aromatic rings. The molecule has 1 aromatic heterocycles. The molecule has 17 heavy (non-hydrogen) atoms. The van der Waals surface area contributed by atoms with Crippen molar-refractivity contribution in [1.82, 2.24) is 9.55 Å². The van der Waals surface area contributed by atoms with Gasteiger partial charge in [-0.2, -0.15) is 0 Å². The number of primary amides is 1. The van der Waals surface area contributed by atoms with E-state index >= 15 is 0 Å². The van der Waals surface area contributed by atoms with Gasteiger partial charge in [0, 0.05) is 23.6 Å². The van der Waals surface area contributed by atoms with Crippen LogP contribution in [0.2, 0.25) is 0 Å². The van der Waals surface area contributed by atoms with E-state index < -0.39 is 5.91 Å². The summed E-state index contributed by atoms with van der Waals surface area (Å²) >= 11 is 0. The fourth-order valence-corrected chi connectivity index (χ4v) is 1.51. The molecule has 5 heteroatoms. The average molecular weight is 229 g/mol. The van der Waals surface area contributed by atoms with Crippen molar-refractivity contribution in [2.24, 2.45) is 5.73 Å². The molecule has 0 atom stereocenters. The van der Waals surface area contributed by atoms with Gasteiger partial charge in [0.1, 0.15) is 0 Å². The third-order valence-electron chi connectivity index (χ3n) is 2.31. The summed E-state index contributed by atoms with van der Waals surface area (Å²) in [5.41, 5.74) is 6.27. The molecule has 0 aliphatic heterocycles. The van der Waals surface area contributed by atoms with Gasteiger partial charge >= 0.3 is 0 Å². The zero-order valence-electron chi connectivity index (χ0n) is 9.04. The number of hydrogen-bond donors (Lipinski definition) is 1. The van der Waals surface area contributed by atoms with E-state index in [1.807, 2.05) is 6.07 Å². The number of imidazole rings is 1. The highest BCUT2D eigenvalue weighted by Gasteiger charge is 2.09. The Kier molecular flexibility index (Phi) is 3.00. The maximum Gasteiger partial charge on any atom is 0.225 e.